The summed E-state index contributed by atoms with van der Waals surface area (Å²) in [5.41, 5.74) is 4.81. The first kappa shape index (κ1) is 17.5. The van der Waals surface area contributed by atoms with Gasteiger partial charge < -0.3 is 0 Å². The molecule has 0 atom stereocenters. The Bertz CT molecular complexity index is 1010. The monoisotopic (exact) mass is 372 g/mol. The summed E-state index contributed by atoms with van der Waals surface area (Å²) in [6.45, 7) is 2.87. The van der Waals surface area contributed by atoms with E-state index in [0.29, 0.717) is 0 Å². The van der Waals surface area contributed by atoms with E-state index in [4.69, 9.17) is 0 Å². The molecule has 0 saturated carbocycles. The number of pyridine rings is 1. The van der Waals surface area contributed by atoms with Gasteiger partial charge in [0, 0.05) is 23.7 Å². The summed E-state index contributed by atoms with van der Waals surface area (Å²) in [5, 5.41) is 9.87. The molecule has 2 aromatic heterocycles. The van der Waals surface area contributed by atoms with Crippen LogP contribution < -0.4 is 0 Å². The topological polar surface area (TPSA) is 43.6 Å². The van der Waals surface area contributed by atoms with Crippen molar-refractivity contribution in [3.63, 3.8) is 0 Å². The van der Waals surface area contributed by atoms with Crippen molar-refractivity contribution in [1.82, 2.24) is 19.7 Å². The standard InChI is InChI=1S/C22H20N4S/c1-17-8-5-6-11-20(17)16-27-22-25-24-21(19-12-7-13-23-14-19)26(22)15-18-9-3-2-4-10-18/h2-14H,15-16H2,1H3. The van der Waals surface area contributed by atoms with Crippen LogP contribution in [0.5, 0.6) is 0 Å². The predicted molar refractivity (Wildman–Crippen MR) is 110 cm³/mol. The minimum Gasteiger partial charge on any atom is -0.297 e. The number of hydrogen-bond acceptors (Lipinski definition) is 4. The van der Waals surface area contributed by atoms with Gasteiger partial charge in [-0.15, -0.1) is 10.2 Å². The Morgan fingerprint density at radius 1 is 0.889 bits per heavy atom. The van der Waals surface area contributed by atoms with Crippen molar-refractivity contribution in [1.29, 1.82) is 0 Å². The fraction of sp³-hybridized carbons (Fsp3) is 0.136. The lowest BCUT2D eigenvalue weighted by Gasteiger charge is -2.11. The van der Waals surface area contributed by atoms with Crippen molar-refractivity contribution in [2.75, 3.05) is 0 Å². The molecule has 134 valence electrons. The van der Waals surface area contributed by atoms with Gasteiger partial charge in [-0.05, 0) is 35.7 Å². The highest BCUT2D eigenvalue weighted by molar-refractivity contribution is 7.98. The van der Waals surface area contributed by atoms with E-state index in [1.807, 2.05) is 24.4 Å². The van der Waals surface area contributed by atoms with Crippen molar-refractivity contribution in [3.8, 4) is 11.4 Å². The molecule has 4 aromatic rings. The maximum atomic E-state index is 4.48. The van der Waals surface area contributed by atoms with E-state index in [1.54, 1.807) is 18.0 Å². The zero-order chi connectivity index (χ0) is 18.5. The highest BCUT2D eigenvalue weighted by Crippen LogP contribution is 2.27. The van der Waals surface area contributed by atoms with Crippen molar-refractivity contribution in [2.24, 2.45) is 0 Å². The summed E-state index contributed by atoms with van der Waals surface area (Å²) in [6, 6.07) is 22.8. The van der Waals surface area contributed by atoms with E-state index in [9.17, 15) is 0 Å². The summed E-state index contributed by atoms with van der Waals surface area (Å²) < 4.78 is 2.18. The Kier molecular flexibility index (Phi) is 5.30. The van der Waals surface area contributed by atoms with Gasteiger partial charge in [-0.25, -0.2) is 0 Å². The Morgan fingerprint density at radius 3 is 2.48 bits per heavy atom. The van der Waals surface area contributed by atoms with E-state index in [2.05, 4.69) is 75.2 Å². The minimum absolute atomic E-state index is 0.730. The summed E-state index contributed by atoms with van der Waals surface area (Å²) in [6.07, 6.45) is 3.61. The van der Waals surface area contributed by atoms with Crippen LogP contribution in [-0.4, -0.2) is 19.7 Å². The number of hydrogen-bond donors (Lipinski definition) is 0. The van der Waals surface area contributed by atoms with E-state index < -0.39 is 0 Å². The van der Waals surface area contributed by atoms with E-state index in [0.717, 1.165) is 28.8 Å². The Labute approximate surface area is 163 Å². The van der Waals surface area contributed by atoms with Crippen LogP contribution in [0.25, 0.3) is 11.4 Å². The van der Waals surface area contributed by atoms with Crippen LogP contribution in [0.15, 0.2) is 84.3 Å². The first-order chi connectivity index (χ1) is 13.3. The Morgan fingerprint density at radius 2 is 1.70 bits per heavy atom. The fourth-order valence-corrected chi connectivity index (χ4v) is 3.94. The summed E-state index contributed by atoms with van der Waals surface area (Å²) in [4.78, 5) is 4.24. The van der Waals surface area contributed by atoms with Crippen LogP contribution in [0.3, 0.4) is 0 Å². The van der Waals surface area contributed by atoms with Gasteiger partial charge in [0.1, 0.15) is 0 Å². The Balaban J connectivity index is 1.66. The summed E-state index contributed by atoms with van der Waals surface area (Å²) in [5.74, 6) is 1.71. The SMILES string of the molecule is Cc1ccccc1CSc1nnc(-c2cccnc2)n1Cc1ccccc1. The van der Waals surface area contributed by atoms with Crippen LogP contribution in [0.1, 0.15) is 16.7 Å². The smallest absolute Gasteiger partial charge is 0.192 e. The van der Waals surface area contributed by atoms with Crippen molar-refractivity contribution in [2.45, 2.75) is 24.4 Å². The summed E-state index contributed by atoms with van der Waals surface area (Å²) in [7, 11) is 0. The molecular weight excluding hydrogens is 352 g/mol. The molecule has 0 aliphatic rings. The van der Waals surface area contributed by atoms with Crippen molar-refractivity contribution in [3.05, 3.63) is 95.8 Å². The lowest BCUT2D eigenvalue weighted by molar-refractivity contribution is 0.714. The molecule has 0 spiro atoms. The molecule has 2 aromatic carbocycles. The average Bonchev–Trinajstić information content (AvgIpc) is 3.11. The zero-order valence-corrected chi connectivity index (χ0v) is 15.9. The second-order valence-electron chi connectivity index (χ2n) is 6.33. The average molecular weight is 372 g/mol. The molecule has 0 radical (unpaired) electrons. The molecule has 4 nitrogen and oxygen atoms in total. The van der Waals surface area contributed by atoms with Crippen LogP contribution in [0, 0.1) is 6.92 Å². The third-order valence-electron chi connectivity index (χ3n) is 4.44. The van der Waals surface area contributed by atoms with Gasteiger partial charge in [-0.3, -0.25) is 9.55 Å². The second kappa shape index (κ2) is 8.18. The fourth-order valence-electron chi connectivity index (χ4n) is 2.93. The van der Waals surface area contributed by atoms with Crippen LogP contribution in [0.4, 0.5) is 0 Å². The molecule has 0 fully saturated rings. The van der Waals surface area contributed by atoms with Gasteiger partial charge in [-0.1, -0.05) is 66.4 Å². The van der Waals surface area contributed by atoms with Crippen LogP contribution in [-0.2, 0) is 12.3 Å². The van der Waals surface area contributed by atoms with Crippen molar-refractivity contribution >= 4 is 11.8 Å². The number of aromatic nitrogens is 4. The number of rotatable bonds is 6. The molecular formula is C22H20N4S. The van der Waals surface area contributed by atoms with Gasteiger partial charge in [0.25, 0.3) is 0 Å². The zero-order valence-electron chi connectivity index (χ0n) is 15.1. The molecule has 0 bridgehead atoms. The normalized spacial score (nSPS) is 10.9. The van der Waals surface area contributed by atoms with Gasteiger partial charge in [0.15, 0.2) is 11.0 Å². The van der Waals surface area contributed by atoms with Gasteiger partial charge in [0.2, 0.25) is 0 Å². The first-order valence-electron chi connectivity index (χ1n) is 8.86. The van der Waals surface area contributed by atoms with Crippen LogP contribution in [0.2, 0.25) is 0 Å². The number of nitrogens with zero attached hydrogens (tertiary/aromatic N) is 4. The highest BCUT2D eigenvalue weighted by Gasteiger charge is 2.15. The third-order valence-corrected chi connectivity index (χ3v) is 5.45. The van der Waals surface area contributed by atoms with Crippen LogP contribution >= 0.6 is 11.8 Å². The molecule has 0 unspecified atom stereocenters. The molecule has 27 heavy (non-hydrogen) atoms. The largest absolute Gasteiger partial charge is 0.297 e. The highest BCUT2D eigenvalue weighted by atomic mass is 32.2. The lowest BCUT2D eigenvalue weighted by Crippen LogP contribution is -2.04. The van der Waals surface area contributed by atoms with E-state index in [-0.39, 0.29) is 0 Å². The lowest BCUT2D eigenvalue weighted by atomic mass is 10.1. The molecule has 5 heteroatoms. The molecule has 0 amide bonds. The Hall–Kier alpha value is -2.92. The van der Waals surface area contributed by atoms with E-state index >= 15 is 0 Å². The maximum Gasteiger partial charge on any atom is 0.192 e. The van der Waals surface area contributed by atoms with Gasteiger partial charge in [0.05, 0.1) is 6.54 Å². The van der Waals surface area contributed by atoms with Gasteiger partial charge >= 0.3 is 0 Å². The van der Waals surface area contributed by atoms with Gasteiger partial charge in [-0.2, -0.15) is 0 Å². The molecule has 0 aliphatic carbocycles. The molecule has 0 aliphatic heterocycles. The van der Waals surface area contributed by atoms with E-state index in [1.165, 1.54) is 16.7 Å². The maximum absolute atomic E-state index is 4.48. The number of aryl methyl sites for hydroxylation is 1. The number of benzene rings is 2. The number of thioether (sulfide) groups is 1. The minimum atomic E-state index is 0.730. The molecule has 2 heterocycles. The quantitative estimate of drug-likeness (QED) is 0.447. The molecule has 0 saturated heterocycles. The van der Waals surface area contributed by atoms with Crippen molar-refractivity contribution < 1.29 is 0 Å². The molecule has 4 rings (SSSR count). The third kappa shape index (κ3) is 4.09. The summed E-state index contributed by atoms with van der Waals surface area (Å²) >= 11 is 1.72. The second-order valence-corrected chi connectivity index (χ2v) is 7.28. The first-order valence-corrected chi connectivity index (χ1v) is 9.84. The molecule has 0 N–H and O–H groups in total. The predicted octanol–water partition coefficient (Wildman–Crippen LogP) is 4.99.